The van der Waals surface area contributed by atoms with Gasteiger partial charge in [0.05, 0.1) is 10.8 Å². The zero-order chi connectivity index (χ0) is 70.6. The predicted octanol–water partition coefficient (Wildman–Crippen LogP) is 26.6. The molecule has 1 spiro atoms. The van der Waals surface area contributed by atoms with Crippen LogP contribution in [0.3, 0.4) is 0 Å². The van der Waals surface area contributed by atoms with E-state index in [0.717, 1.165) is 0 Å². The molecule has 22 rings (SSSR count). The van der Waals surface area contributed by atoms with E-state index >= 15 is 0 Å². The lowest BCUT2D eigenvalue weighted by Crippen LogP contribution is -2.29. The van der Waals surface area contributed by atoms with Crippen LogP contribution >= 0.6 is 0 Å². The van der Waals surface area contributed by atoms with Gasteiger partial charge in [-0.15, -0.1) is 0 Å². The first kappa shape index (κ1) is 60.8. The third-order valence-electron chi connectivity index (χ3n) is 26.9. The second kappa shape index (κ2) is 20.8. The zero-order valence-corrected chi connectivity index (χ0v) is 60.9. The highest BCUT2D eigenvalue weighted by molar-refractivity contribution is 6.07. The van der Waals surface area contributed by atoms with Crippen molar-refractivity contribution in [3.63, 3.8) is 0 Å². The van der Waals surface area contributed by atoms with Gasteiger partial charge in [0.15, 0.2) is 0 Å². The number of hydrogen-bond donors (Lipinski definition) is 0. The fourth-order valence-corrected chi connectivity index (χ4v) is 22.3. The van der Waals surface area contributed by atoms with Crippen molar-refractivity contribution < 1.29 is 0 Å². The first-order valence-corrected chi connectivity index (χ1v) is 37.9. The van der Waals surface area contributed by atoms with Gasteiger partial charge in [-0.25, -0.2) is 0 Å². The van der Waals surface area contributed by atoms with E-state index in [4.69, 9.17) is 0 Å². The van der Waals surface area contributed by atoms with E-state index in [9.17, 15) is 0 Å². The minimum atomic E-state index is -0.966. The van der Waals surface area contributed by atoms with Crippen LogP contribution in [0.1, 0.15) is 150 Å². The van der Waals surface area contributed by atoms with Crippen molar-refractivity contribution in [1.82, 2.24) is 0 Å². The van der Waals surface area contributed by atoms with Crippen molar-refractivity contribution in [2.75, 3.05) is 0 Å². The molecule has 0 saturated carbocycles. The van der Waals surface area contributed by atoms with Crippen LogP contribution in [0.5, 0.6) is 0 Å². The Balaban J connectivity index is 0.935. The summed E-state index contributed by atoms with van der Waals surface area (Å²) in [6.45, 7) is 21.8. The highest BCUT2D eigenvalue weighted by Gasteiger charge is 2.56. The molecule has 0 aliphatic heterocycles. The Morgan fingerprint density at radius 1 is 0.162 bits per heavy atom. The van der Waals surface area contributed by atoms with Crippen LogP contribution < -0.4 is 0 Å². The zero-order valence-electron chi connectivity index (χ0n) is 60.9. The number of fused-ring (bicyclic) bond motifs is 26. The molecule has 0 heterocycles. The van der Waals surface area contributed by atoms with E-state index < -0.39 is 10.8 Å². The van der Waals surface area contributed by atoms with Crippen LogP contribution in [0.2, 0.25) is 0 Å². The first-order chi connectivity index (χ1) is 51.0. The Hall–Kier alpha value is -11.7. The monoisotopic (exact) mass is 1340 g/mol. The maximum absolute atomic E-state index is 2.67. The summed E-state index contributed by atoms with van der Waals surface area (Å²) in [6.07, 6.45) is 0. The van der Waals surface area contributed by atoms with E-state index in [1.54, 1.807) is 0 Å². The molecular weight excluding hydrogens is 1260 g/mol. The average molecular weight is 1340 g/mol. The fraction of sp³-hybridized carbons (Fsp3) is 0.143. The van der Waals surface area contributed by atoms with Gasteiger partial charge in [-0.1, -0.05) is 328 Å². The van der Waals surface area contributed by atoms with Crippen LogP contribution in [0.4, 0.5) is 0 Å². The van der Waals surface area contributed by atoms with Gasteiger partial charge in [0.1, 0.15) is 0 Å². The summed E-state index contributed by atoms with van der Waals surface area (Å²) < 4.78 is 0. The predicted molar refractivity (Wildman–Crippen MR) is 437 cm³/mol. The SMILES string of the molecule is Cc1cccc2c1-c1c(ccc3c1-c1ccccc1C31c3ccccc3-c3ccccc31)C2(c1cc(-c2cccc3c2-c2ccccc2C3(C)C)cc(-c2cccc3c2-c2ccccc2C3(C)C)c1)c1cc(-c2cccc3c2-c2ccccc2C3(C)C)cc(-c2cccc3c2-c2ccccc2C3(C)C)c1. The summed E-state index contributed by atoms with van der Waals surface area (Å²) in [4.78, 5) is 0. The molecule has 7 aliphatic carbocycles. The van der Waals surface area contributed by atoms with E-state index in [1.807, 2.05) is 0 Å². The minimum absolute atomic E-state index is 0.216. The Morgan fingerprint density at radius 3 is 0.743 bits per heavy atom. The second-order valence-corrected chi connectivity index (χ2v) is 33.2. The molecule has 0 saturated heterocycles. The summed E-state index contributed by atoms with van der Waals surface area (Å²) in [5.41, 5.74) is 48.5. The molecule has 0 radical (unpaired) electrons. The normalized spacial score (nSPS) is 16.3. The maximum Gasteiger partial charge on any atom is 0.0725 e. The van der Waals surface area contributed by atoms with Crippen LogP contribution in [0, 0.1) is 6.92 Å². The molecule has 0 nitrogen and oxygen atoms in total. The van der Waals surface area contributed by atoms with E-state index in [0.29, 0.717) is 0 Å². The lowest BCUT2D eigenvalue weighted by atomic mass is 9.65. The van der Waals surface area contributed by atoms with Crippen molar-refractivity contribution in [3.05, 3.63) is 404 Å². The molecule has 0 bridgehead atoms. The van der Waals surface area contributed by atoms with Crippen LogP contribution in [-0.4, -0.2) is 0 Å². The highest BCUT2D eigenvalue weighted by atomic mass is 14.6. The van der Waals surface area contributed by atoms with Gasteiger partial charge in [0.2, 0.25) is 0 Å². The smallest absolute Gasteiger partial charge is 0.0619 e. The third kappa shape index (κ3) is 7.52. The molecule has 0 N–H and O–H groups in total. The van der Waals surface area contributed by atoms with Gasteiger partial charge < -0.3 is 0 Å². The quantitative estimate of drug-likeness (QED) is 0.156. The Morgan fingerprint density at radius 2 is 0.400 bits per heavy atom. The van der Waals surface area contributed by atoms with Gasteiger partial charge in [0.25, 0.3) is 0 Å². The number of rotatable bonds is 6. The molecule has 105 heavy (non-hydrogen) atoms. The minimum Gasteiger partial charge on any atom is -0.0619 e. The van der Waals surface area contributed by atoms with Gasteiger partial charge in [0, 0.05) is 21.7 Å². The molecule has 0 amide bonds. The largest absolute Gasteiger partial charge is 0.0725 e. The average Bonchev–Trinajstić information content (AvgIpc) is 1.49. The molecular formula is C105H78. The molecule has 15 aromatic rings. The Kier molecular flexibility index (Phi) is 12.1. The molecule has 0 heteroatoms. The van der Waals surface area contributed by atoms with Crippen molar-refractivity contribution >= 4 is 0 Å². The summed E-state index contributed by atoms with van der Waals surface area (Å²) in [5, 5.41) is 0. The molecule has 15 aromatic carbocycles. The van der Waals surface area contributed by atoms with E-state index in [1.165, 1.54) is 217 Å². The molecule has 0 unspecified atom stereocenters. The van der Waals surface area contributed by atoms with E-state index in [2.05, 4.69) is 372 Å². The number of aryl methyl sites for hydroxylation is 1. The molecule has 0 aromatic heterocycles. The first-order valence-electron chi connectivity index (χ1n) is 37.9. The third-order valence-corrected chi connectivity index (χ3v) is 26.9. The molecule has 7 aliphatic rings. The molecule has 0 atom stereocenters. The molecule has 498 valence electrons. The fourth-order valence-electron chi connectivity index (χ4n) is 22.3. The van der Waals surface area contributed by atoms with Crippen LogP contribution in [0.25, 0.3) is 122 Å². The lowest BCUT2D eigenvalue weighted by molar-refractivity contribution is 0.660. The van der Waals surface area contributed by atoms with E-state index in [-0.39, 0.29) is 21.7 Å². The van der Waals surface area contributed by atoms with Gasteiger partial charge in [-0.05, 0) is 260 Å². The van der Waals surface area contributed by atoms with Crippen molar-refractivity contribution in [2.45, 2.75) is 94.8 Å². The van der Waals surface area contributed by atoms with Gasteiger partial charge in [-0.2, -0.15) is 0 Å². The van der Waals surface area contributed by atoms with Gasteiger partial charge in [-0.3, -0.25) is 0 Å². The summed E-state index contributed by atoms with van der Waals surface area (Å²) in [7, 11) is 0. The Bertz CT molecular complexity index is 5860. The summed E-state index contributed by atoms with van der Waals surface area (Å²) in [5.74, 6) is 0. The summed E-state index contributed by atoms with van der Waals surface area (Å²) >= 11 is 0. The summed E-state index contributed by atoms with van der Waals surface area (Å²) in [6, 6.07) is 122. The van der Waals surface area contributed by atoms with Crippen molar-refractivity contribution in [3.8, 4) is 122 Å². The number of hydrogen-bond acceptors (Lipinski definition) is 0. The van der Waals surface area contributed by atoms with Gasteiger partial charge >= 0.3 is 0 Å². The second-order valence-electron chi connectivity index (χ2n) is 33.2. The van der Waals surface area contributed by atoms with Crippen LogP contribution in [0.15, 0.2) is 309 Å². The maximum atomic E-state index is 2.67. The van der Waals surface area contributed by atoms with Crippen LogP contribution in [-0.2, 0) is 32.5 Å². The van der Waals surface area contributed by atoms with Crippen molar-refractivity contribution in [2.24, 2.45) is 0 Å². The highest BCUT2D eigenvalue weighted by Crippen LogP contribution is 2.70. The Labute approximate surface area is 617 Å². The molecule has 0 fully saturated rings. The van der Waals surface area contributed by atoms with Crippen molar-refractivity contribution in [1.29, 1.82) is 0 Å². The lowest BCUT2D eigenvalue weighted by Gasteiger charge is -2.36. The number of benzene rings is 15. The standard InChI is InChI=1S/C105H78/c1-61-29-24-52-90-93(61)99-92(54-53-91-98(99)78-36-16-23-47-85(78)105(91)83-45-21-10-30-72(83)73-31-11-22-46-84(73)105)104(90,66-57-62(68-37-25-48-86-94(68)74-32-12-17-41-79(74)100(86,2)3)55-63(58-66)69-38-26-49-87-95(69)75-33-13-18-42-80(75)101(87,4)5)67-59-64(70-39-27-50-88-96(70)76-34-14-19-43-81(76)102(88,6)7)56-65(60-67)71-40-28-51-89-97(71)77-35-15-20-44-82(77)103(89,8)9/h10-60H,1-9H3. The topological polar surface area (TPSA) is 0 Å².